The van der Waals surface area contributed by atoms with E-state index in [1.807, 2.05) is 62.4 Å². The number of ether oxygens (including phenoxy) is 1. The molecule has 0 amide bonds. The van der Waals surface area contributed by atoms with Crippen LogP contribution in [0, 0.1) is 0 Å². The molecule has 0 fully saturated rings. The van der Waals surface area contributed by atoms with E-state index in [1.54, 1.807) is 0 Å². The van der Waals surface area contributed by atoms with Crippen LogP contribution in [-0.2, 0) is 5.54 Å². The van der Waals surface area contributed by atoms with Gasteiger partial charge in [0.05, 0.1) is 12.1 Å². The summed E-state index contributed by atoms with van der Waals surface area (Å²) in [5.74, 6) is 0.870. The van der Waals surface area contributed by atoms with Crippen LogP contribution in [0.4, 0.5) is 0 Å². The molecule has 1 unspecified atom stereocenters. The Morgan fingerprint density at radius 2 is 1.74 bits per heavy atom. The zero-order chi connectivity index (χ0) is 13.9. The molecule has 0 aliphatic heterocycles. The largest absolute Gasteiger partial charge is 0.494 e. The quantitative estimate of drug-likeness (QED) is 0.922. The second-order valence-corrected chi connectivity index (χ2v) is 5.49. The van der Waals surface area contributed by atoms with Gasteiger partial charge in [0.2, 0.25) is 0 Å². The third kappa shape index (κ3) is 2.99. The van der Waals surface area contributed by atoms with Gasteiger partial charge in [0.25, 0.3) is 0 Å². The maximum absolute atomic E-state index is 6.51. The lowest BCUT2D eigenvalue weighted by Gasteiger charge is -2.27. The predicted molar refractivity (Wildman–Crippen MR) is 82.4 cm³/mol. The average Bonchev–Trinajstić information content (AvgIpc) is 2.40. The molecule has 1 atom stereocenters. The minimum absolute atomic E-state index is 0.537. The smallest absolute Gasteiger partial charge is 0.119 e. The summed E-state index contributed by atoms with van der Waals surface area (Å²) in [6.45, 7) is 4.66. The fourth-order valence-electron chi connectivity index (χ4n) is 2.10. The van der Waals surface area contributed by atoms with Crippen molar-refractivity contribution in [2.24, 2.45) is 5.73 Å². The van der Waals surface area contributed by atoms with Gasteiger partial charge < -0.3 is 10.5 Å². The van der Waals surface area contributed by atoms with Gasteiger partial charge in [-0.2, -0.15) is 0 Å². The molecule has 0 heterocycles. The van der Waals surface area contributed by atoms with Crippen molar-refractivity contribution in [2.45, 2.75) is 19.4 Å². The Bertz CT molecular complexity index is 549. The summed E-state index contributed by atoms with van der Waals surface area (Å²) in [4.78, 5) is 0. The first-order valence-electron chi connectivity index (χ1n) is 6.33. The predicted octanol–water partition coefficient (Wildman–Crippen LogP) is 4.07. The molecule has 19 heavy (non-hydrogen) atoms. The van der Waals surface area contributed by atoms with Crippen molar-refractivity contribution in [3.8, 4) is 5.75 Å². The lowest BCUT2D eigenvalue weighted by molar-refractivity contribution is 0.340. The van der Waals surface area contributed by atoms with Crippen LogP contribution in [0.3, 0.4) is 0 Å². The summed E-state index contributed by atoms with van der Waals surface area (Å²) in [6, 6.07) is 16.0. The van der Waals surface area contributed by atoms with Gasteiger partial charge in [-0.25, -0.2) is 0 Å². The van der Waals surface area contributed by atoms with E-state index in [4.69, 9.17) is 10.5 Å². The van der Waals surface area contributed by atoms with Crippen molar-refractivity contribution in [3.63, 3.8) is 0 Å². The van der Waals surface area contributed by atoms with Crippen molar-refractivity contribution < 1.29 is 4.74 Å². The highest BCUT2D eigenvalue weighted by Gasteiger charge is 2.25. The number of benzene rings is 2. The summed E-state index contributed by atoms with van der Waals surface area (Å²) in [5, 5.41) is 0. The Labute approximate surface area is 122 Å². The molecule has 2 N–H and O–H groups in total. The van der Waals surface area contributed by atoms with E-state index in [-0.39, 0.29) is 0 Å². The van der Waals surface area contributed by atoms with Crippen molar-refractivity contribution in [1.29, 1.82) is 0 Å². The molecule has 0 spiro atoms. The Morgan fingerprint density at radius 1 is 1.11 bits per heavy atom. The topological polar surface area (TPSA) is 35.2 Å². The fourth-order valence-corrected chi connectivity index (χ4v) is 2.80. The first kappa shape index (κ1) is 14.1. The van der Waals surface area contributed by atoms with Crippen LogP contribution < -0.4 is 10.5 Å². The molecule has 0 aliphatic carbocycles. The summed E-state index contributed by atoms with van der Waals surface area (Å²) in [6.07, 6.45) is 0. The van der Waals surface area contributed by atoms with Gasteiger partial charge in [-0.05, 0) is 43.2 Å². The molecule has 2 nitrogen and oxygen atoms in total. The molecule has 2 rings (SSSR count). The zero-order valence-electron chi connectivity index (χ0n) is 11.2. The number of hydrogen-bond acceptors (Lipinski definition) is 2. The number of rotatable bonds is 4. The molecular weight excluding hydrogens is 302 g/mol. The Kier molecular flexibility index (Phi) is 4.27. The van der Waals surface area contributed by atoms with E-state index in [1.165, 1.54) is 0 Å². The Morgan fingerprint density at radius 3 is 2.32 bits per heavy atom. The van der Waals surface area contributed by atoms with Crippen molar-refractivity contribution in [1.82, 2.24) is 0 Å². The lowest BCUT2D eigenvalue weighted by atomic mass is 9.86. The van der Waals surface area contributed by atoms with Crippen molar-refractivity contribution >= 4 is 15.9 Å². The molecular formula is C16H18BrNO. The van der Waals surface area contributed by atoms with E-state index in [9.17, 15) is 0 Å². The van der Waals surface area contributed by atoms with E-state index in [0.717, 1.165) is 21.3 Å². The zero-order valence-corrected chi connectivity index (χ0v) is 12.8. The van der Waals surface area contributed by atoms with Crippen LogP contribution in [0.25, 0.3) is 0 Å². The monoisotopic (exact) mass is 319 g/mol. The van der Waals surface area contributed by atoms with Crippen LogP contribution >= 0.6 is 15.9 Å². The minimum atomic E-state index is -0.537. The van der Waals surface area contributed by atoms with Gasteiger partial charge in [0.15, 0.2) is 0 Å². The van der Waals surface area contributed by atoms with E-state index in [0.29, 0.717) is 6.61 Å². The fraction of sp³-hybridized carbons (Fsp3) is 0.250. The van der Waals surface area contributed by atoms with Crippen molar-refractivity contribution in [3.05, 3.63) is 64.1 Å². The van der Waals surface area contributed by atoms with Gasteiger partial charge in [0.1, 0.15) is 5.75 Å². The third-order valence-electron chi connectivity index (χ3n) is 3.20. The van der Waals surface area contributed by atoms with Gasteiger partial charge in [-0.15, -0.1) is 0 Å². The first-order valence-corrected chi connectivity index (χ1v) is 7.12. The highest BCUT2D eigenvalue weighted by molar-refractivity contribution is 9.10. The summed E-state index contributed by atoms with van der Waals surface area (Å²) in [5.41, 5.74) is 8.10. The van der Waals surface area contributed by atoms with Gasteiger partial charge >= 0.3 is 0 Å². The Hall–Kier alpha value is -1.32. The molecule has 2 aromatic rings. The average molecular weight is 320 g/mol. The highest BCUT2D eigenvalue weighted by atomic mass is 79.9. The van der Waals surface area contributed by atoms with Gasteiger partial charge in [0, 0.05) is 4.47 Å². The van der Waals surface area contributed by atoms with Crippen LogP contribution in [0.2, 0.25) is 0 Å². The van der Waals surface area contributed by atoms with Crippen LogP contribution in [0.1, 0.15) is 25.0 Å². The van der Waals surface area contributed by atoms with Crippen molar-refractivity contribution in [2.75, 3.05) is 6.61 Å². The van der Waals surface area contributed by atoms with E-state index < -0.39 is 5.54 Å². The van der Waals surface area contributed by atoms with E-state index >= 15 is 0 Å². The molecule has 0 saturated carbocycles. The second kappa shape index (κ2) is 5.76. The van der Waals surface area contributed by atoms with Crippen LogP contribution in [0.5, 0.6) is 5.75 Å². The molecule has 0 bridgehead atoms. The maximum atomic E-state index is 6.51. The van der Waals surface area contributed by atoms with Crippen LogP contribution in [0.15, 0.2) is 53.0 Å². The normalized spacial score (nSPS) is 13.9. The molecule has 0 saturated heterocycles. The second-order valence-electron chi connectivity index (χ2n) is 4.64. The summed E-state index contributed by atoms with van der Waals surface area (Å²) in [7, 11) is 0. The molecule has 0 aromatic heterocycles. The van der Waals surface area contributed by atoms with Gasteiger partial charge in [-0.1, -0.05) is 46.3 Å². The highest BCUT2D eigenvalue weighted by Crippen LogP contribution is 2.32. The molecule has 3 heteroatoms. The third-order valence-corrected chi connectivity index (χ3v) is 3.89. The SMILES string of the molecule is CCOc1ccc(C(C)(N)c2ccccc2Br)cc1. The number of nitrogens with two attached hydrogens (primary N) is 1. The lowest BCUT2D eigenvalue weighted by Crippen LogP contribution is -2.34. The molecule has 100 valence electrons. The van der Waals surface area contributed by atoms with E-state index in [2.05, 4.69) is 15.9 Å². The minimum Gasteiger partial charge on any atom is -0.494 e. The summed E-state index contributed by atoms with van der Waals surface area (Å²) >= 11 is 3.56. The Balaban J connectivity index is 2.36. The molecule has 0 aliphatic rings. The number of halogens is 1. The first-order chi connectivity index (χ1) is 9.05. The number of hydrogen-bond donors (Lipinski definition) is 1. The van der Waals surface area contributed by atoms with Gasteiger partial charge in [-0.3, -0.25) is 0 Å². The molecule has 0 radical (unpaired) electrons. The summed E-state index contributed by atoms with van der Waals surface area (Å²) < 4.78 is 6.47. The van der Waals surface area contributed by atoms with Crippen LogP contribution in [-0.4, -0.2) is 6.61 Å². The maximum Gasteiger partial charge on any atom is 0.119 e. The standard InChI is InChI=1S/C16H18BrNO/c1-3-19-13-10-8-12(9-11-13)16(2,18)14-6-4-5-7-15(14)17/h4-11H,3,18H2,1-2H3. The molecule has 2 aromatic carbocycles.